The fourth-order valence-corrected chi connectivity index (χ4v) is 3.79. The molecular weight excluding hydrogens is 398 g/mol. The average molecular weight is 410 g/mol. The Morgan fingerprint density at radius 3 is 2.52 bits per heavy atom. The summed E-state index contributed by atoms with van der Waals surface area (Å²) in [5, 5.41) is 11.0. The van der Waals surface area contributed by atoms with Crippen LogP contribution in [0.25, 0.3) is 11.8 Å². The molecule has 0 fully saturated rings. The zero-order chi connectivity index (χ0) is 17.4. The van der Waals surface area contributed by atoms with Crippen LogP contribution in [0.5, 0.6) is 0 Å². The number of nitrogens with zero attached hydrogens (tertiary/aromatic N) is 2. The molecule has 2 heterocycles. The summed E-state index contributed by atoms with van der Waals surface area (Å²) in [5.74, 6) is -0.229. The van der Waals surface area contributed by atoms with E-state index in [0.717, 1.165) is 21.3 Å². The second-order valence-corrected chi connectivity index (χ2v) is 7.23. The number of benzene rings is 2. The Hall–Kier alpha value is -2.44. The highest BCUT2D eigenvalue weighted by Gasteiger charge is 2.36. The molecule has 2 aromatic carbocycles. The van der Waals surface area contributed by atoms with Crippen LogP contribution in [0.4, 0.5) is 0 Å². The monoisotopic (exact) mass is 409 g/mol. The third-order valence-electron chi connectivity index (χ3n) is 3.87. The van der Waals surface area contributed by atoms with E-state index in [-0.39, 0.29) is 17.3 Å². The largest absolute Gasteiger partial charge is 0.283 e. The van der Waals surface area contributed by atoms with Gasteiger partial charge in [0, 0.05) is 9.88 Å². The SMILES string of the molecule is N=C1/C(=C/c2ccc(Br)cc2)C(=O)N=C2SC=C(c3ccccc3)N12. The molecular formula is C19H12BrN3OS. The van der Waals surface area contributed by atoms with Crippen molar-refractivity contribution in [2.75, 3.05) is 0 Å². The second-order valence-electron chi connectivity index (χ2n) is 5.48. The summed E-state index contributed by atoms with van der Waals surface area (Å²) in [4.78, 5) is 18.3. The highest BCUT2D eigenvalue weighted by Crippen LogP contribution is 2.37. The minimum Gasteiger partial charge on any atom is -0.283 e. The van der Waals surface area contributed by atoms with Crippen molar-refractivity contribution in [2.24, 2.45) is 4.99 Å². The zero-order valence-electron chi connectivity index (χ0n) is 12.9. The van der Waals surface area contributed by atoms with Gasteiger partial charge in [-0.2, -0.15) is 4.99 Å². The number of carbonyl (C=O) groups excluding carboxylic acids is 1. The molecule has 1 N–H and O–H groups in total. The molecule has 4 rings (SSSR count). The van der Waals surface area contributed by atoms with Crippen LogP contribution >= 0.6 is 27.7 Å². The number of thioether (sulfide) groups is 1. The lowest BCUT2D eigenvalue weighted by molar-refractivity contribution is -0.114. The molecule has 0 spiro atoms. The van der Waals surface area contributed by atoms with Crippen LogP contribution in [-0.4, -0.2) is 21.8 Å². The topological polar surface area (TPSA) is 56.5 Å². The summed E-state index contributed by atoms with van der Waals surface area (Å²) >= 11 is 4.76. The maximum Gasteiger partial charge on any atom is 0.283 e. The van der Waals surface area contributed by atoms with Gasteiger partial charge in [-0.15, -0.1) is 0 Å². The average Bonchev–Trinajstić information content (AvgIpc) is 3.05. The smallest absolute Gasteiger partial charge is 0.283 e. The fourth-order valence-electron chi connectivity index (χ4n) is 2.64. The van der Waals surface area contributed by atoms with Crippen molar-refractivity contribution in [3.63, 3.8) is 0 Å². The van der Waals surface area contributed by atoms with Crippen molar-refractivity contribution >= 4 is 56.4 Å². The number of aliphatic imine (C=N–C) groups is 1. The summed E-state index contributed by atoms with van der Waals surface area (Å²) < 4.78 is 0.963. The van der Waals surface area contributed by atoms with E-state index in [1.54, 1.807) is 11.0 Å². The van der Waals surface area contributed by atoms with Crippen molar-refractivity contribution in [1.82, 2.24) is 4.90 Å². The van der Waals surface area contributed by atoms with Crippen molar-refractivity contribution in [1.29, 1.82) is 5.41 Å². The molecule has 0 bridgehead atoms. The summed E-state index contributed by atoms with van der Waals surface area (Å²) in [6, 6.07) is 17.4. The summed E-state index contributed by atoms with van der Waals surface area (Å²) in [6.07, 6.45) is 1.71. The maximum absolute atomic E-state index is 12.4. The molecule has 122 valence electrons. The van der Waals surface area contributed by atoms with Crippen LogP contribution in [0.1, 0.15) is 11.1 Å². The first-order valence-corrected chi connectivity index (χ1v) is 9.22. The molecule has 25 heavy (non-hydrogen) atoms. The molecule has 0 aromatic heterocycles. The zero-order valence-corrected chi connectivity index (χ0v) is 15.3. The first kappa shape index (κ1) is 16.1. The molecule has 2 aliphatic heterocycles. The quantitative estimate of drug-likeness (QED) is 0.727. The molecule has 2 aromatic rings. The molecule has 0 aliphatic carbocycles. The maximum atomic E-state index is 12.4. The number of hydrogen-bond acceptors (Lipinski definition) is 3. The number of amides is 1. The molecule has 0 unspecified atom stereocenters. The van der Waals surface area contributed by atoms with Gasteiger partial charge in [0.25, 0.3) is 5.91 Å². The molecule has 2 aliphatic rings. The molecule has 0 saturated carbocycles. The molecule has 1 amide bonds. The Kier molecular flexibility index (Phi) is 4.15. The van der Waals surface area contributed by atoms with E-state index in [9.17, 15) is 4.79 Å². The van der Waals surface area contributed by atoms with E-state index in [2.05, 4.69) is 20.9 Å². The third-order valence-corrected chi connectivity index (χ3v) is 5.22. The number of nitrogens with one attached hydrogen (secondary N) is 1. The molecule has 0 saturated heterocycles. The van der Waals surface area contributed by atoms with Gasteiger partial charge >= 0.3 is 0 Å². The van der Waals surface area contributed by atoms with Crippen LogP contribution in [0, 0.1) is 5.41 Å². The van der Waals surface area contributed by atoms with Crippen LogP contribution in [0.3, 0.4) is 0 Å². The third kappa shape index (κ3) is 2.99. The normalized spacial score (nSPS) is 18.3. The van der Waals surface area contributed by atoms with E-state index >= 15 is 0 Å². The van der Waals surface area contributed by atoms with Gasteiger partial charge in [0.1, 0.15) is 5.84 Å². The van der Waals surface area contributed by atoms with Crippen molar-refractivity contribution in [3.05, 3.63) is 81.2 Å². The summed E-state index contributed by atoms with van der Waals surface area (Å²) in [6.45, 7) is 0. The number of fused-ring (bicyclic) bond motifs is 1. The standard InChI is InChI=1S/C19H12BrN3OS/c20-14-8-6-12(7-9-14)10-15-17(21)23-16(13-4-2-1-3-5-13)11-25-19(23)22-18(15)24/h1-11,21H/b15-10-,21-17?. The van der Waals surface area contributed by atoms with Crippen molar-refractivity contribution < 1.29 is 4.79 Å². The van der Waals surface area contributed by atoms with Gasteiger partial charge in [0.15, 0.2) is 5.17 Å². The lowest BCUT2D eigenvalue weighted by Crippen LogP contribution is -2.37. The molecule has 6 heteroatoms. The molecule has 0 radical (unpaired) electrons. The number of carbonyl (C=O) groups is 1. The first-order valence-electron chi connectivity index (χ1n) is 7.55. The van der Waals surface area contributed by atoms with Gasteiger partial charge in [-0.05, 0) is 29.3 Å². The second kappa shape index (κ2) is 6.46. The Balaban J connectivity index is 1.74. The number of halogens is 1. The van der Waals surface area contributed by atoms with Crippen LogP contribution < -0.4 is 0 Å². The van der Waals surface area contributed by atoms with Gasteiger partial charge < -0.3 is 0 Å². The Morgan fingerprint density at radius 2 is 1.80 bits per heavy atom. The highest BCUT2D eigenvalue weighted by atomic mass is 79.9. The van der Waals surface area contributed by atoms with E-state index in [4.69, 9.17) is 5.41 Å². The van der Waals surface area contributed by atoms with Gasteiger partial charge in [-0.3, -0.25) is 15.1 Å². The Labute approximate surface area is 157 Å². The molecule has 4 nitrogen and oxygen atoms in total. The highest BCUT2D eigenvalue weighted by molar-refractivity contribution is 9.10. The van der Waals surface area contributed by atoms with Gasteiger partial charge in [0.05, 0.1) is 11.3 Å². The predicted octanol–water partition coefficient (Wildman–Crippen LogP) is 4.75. The van der Waals surface area contributed by atoms with E-state index in [1.807, 2.05) is 60.0 Å². The lowest BCUT2D eigenvalue weighted by Gasteiger charge is -2.26. The van der Waals surface area contributed by atoms with Gasteiger partial charge in [-0.1, -0.05) is 70.2 Å². The van der Waals surface area contributed by atoms with Crippen molar-refractivity contribution in [3.8, 4) is 0 Å². The van der Waals surface area contributed by atoms with E-state index in [0.29, 0.717) is 5.17 Å². The Morgan fingerprint density at radius 1 is 1.08 bits per heavy atom. The van der Waals surface area contributed by atoms with Crippen LogP contribution in [-0.2, 0) is 4.79 Å². The van der Waals surface area contributed by atoms with E-state index < -0.39 is 0 Å². The van der Waals surface area contributed by atoms with Crippen LogP contribution in [0.15, 0.2) is 75.0 Å². The first-order chi connectivity index (χ1) is 12.1. The predicted molar refractivity (Wildman–Crippen MR) is 106 cm³/mol. The van der Waals surface area contributed by atoms with Crippen LogP contribution in [0.2, 0.25) is 0 Å². The minimum atomic E-state index is -0.380. The molecule has 0 atom stereocenters. The van der Waals surface area contributed by atoms with Gasteiger partial charge in [0.2, 0.25) is 0 Å². The number of amidine groups is 2. The lowest BCUT2D eigenvalue weighted by atomic mass is 10.1. The van der Waals surface area contributed by atoms with Gasteiger partial charge in [-0.25, -0.2) is 0 Å². The van der Waals surface area contributed by atoms with E-state index in [1.165, 1.54) is 11.8 Å². The number of rotatable bonds is 2. The summed E-state index contributed by atoms with van der Waals surface area (Å²) in [5.41, 5.74) is 2.99. The minimum absolute atomic E-state index is 0.151. The number of hydrogen-bond donors (Lipinski definition) is 1. The Bertz CT molecular complexity index is 962. The fraction of sp³-hybridized carbons (Fsp3) is 0. The van der Waals surface area contributed by atoms with Crippen molar-refractivity contribution in [2.45, 2.75) is 0 Å². The summed E-state index contributed by atoms with van der Waals surface area (Å²) in [7, 11) is 0.